The highest BCUT2D eigenvalue weighted by Crippen LogP contribution is 2.64. The van der Waals surface area contributed by atoms with E-state index in [9.17, 15) is 15.3 Å². The Kier molecular flexibility index (Phi) is 2.68. The first-order chi connectivity index (χ1) is 11.2. The van der Waals surface area contributed by atoms with Gasteiger partial charge in [0.15, 0.2) is 0 Å². The van der Waals surface area contributed by atoms with Crippen LogP contribution >= 0.6 is 0 Å². The van der Waals surface area contributed by atoms with E-state index in [-0.39, 0.29) is 11.8 Å². The molecule has 3 N–H and O–H groups in total. The zero-order valence-corrected chi connectivity index (χ0v) is 13.5. The highest BCUT2D eigenvalue weighted by molar-refractivity contribution is 5.61. The average Bonchev–Trinajstić information content (AvgIpc) is 3.01. The first-order valence-corrected chi connectivity index (χ1v) is 7.64. The predicted octanol–water partition coefficient (Wildman–Crippen LogP) is 2.37. The van der Waals surface area contributed by atoms with Crippen molar-refractivity contribution in [1.29, 1.82) is 0 Å². The van der Waals surface area contributed by atoms with Crippen molar-refractivity contribution in [3.63, 3.8) is 0 Å². The lowest BCUT2D eigenvalue weighted by molar-refractivity contribution is -0.0936. The molecule has 0 aliphatic carbocycles. The number of aryl methyl sites for hydroxylation is 1. The van der Waals surface area contributed by atoms with Crippen LogP contribution in [0.2, 0.25) is 0 Å². The van der Waals surface area contributed by atoms with Gasteiger partial charge in [-0.2, -0.15) is 0 Å². The van der Waals surface area contributed by atoms with Gasteiger partial charge >= 0.3 is 0 Å². The van der Waals surface area contributed by atoms with E-state index in [4.69, 9.17) is 11.3 Å². The molecule has 2 aliphatic rings. The number of rotatable bonds is 1. The number of aromatic nitrogens is 2. The summed E-state index contributed by atoms with van der Waals surface area (Å²) < 4.78 is 7.18. The normalized spacial score (nSPS) is 30.4. The van der Waals surface area contributed by atoms with Crippen LogP contribution in [0, 0.1) is 13.5 Å². The van der Waals surface area contributed by atoms with Crippen molar-refractivity contribution in [2.75, 3.05) is 0 Å². The van der Waals surface area contributed by atoms with Gasteiger partial charge in [-0.15, -0.1) is 0 Å². The van der Waals surface area contributed by atoms with Crippen molar-refractivity contribution in [3.8, 4) is 17.6 Å². The van der Waals surface area contributed by atoms with E-state index in [1.165, 1.54) is 4.57 Å². The van der Waals surface area contributed by atoms with Crippen LogP contribution in [-0.4, -0.2) is 31.0 Å². The molecule has 0 amide bonds. The molecule has 2 bridgehead atoms. The van der Waals surface area contributed by atoms with E-state index >= 15 is 0 Å². The van der Waals surface area contributed by atoms with Crippen LogP contribution in [0.15, 0.2) is 12.1 Å². The van der Waals surface area contributed by atoms with Crippen LogP contribution in [-0.2, 0) is 15.9 Å². The minimum absolute atomic E-state index is 0.150. The smallest absolute Gasteiger partial charge is 0.208 e. The van der Waals surface area contributed by atoms with Gasteiger partial charge in [0.05, 0.1) is 29.4 Å². The molecule has 1 saturated heterocycles. The Morgan fingerprint density at radius 2 is 1.96 bits per heavy atom. The fourth-order valence-corrected chi connectivity index (χ4v) is 4.03. The molecule has 2 aliphatic heterocycles. The van der Waals surface area contributed by atoms with Gasteiger partial charge in [0.1, 0.15) is 11.4 Å². The summed E-state index contributed by atoms with van der Waals surface area (Å²) in [6.45, 7) is 12.3. The third-order valence-corrected chi connectivity index (χ3v) is 5.19. The summed E-state index contributed by atoms with van der Waals surface area (Å²) in [6.07, 6.45) is -0.424. The number of aliphatic hydroxyl groups excluding tert-OH is 1. The van der Waals surface area contributed by atoms with Gasteiger partial charge < -0.3 is 20.1 Å². The van der Waals surface area contributed by atoms with Gasteiger partial charge in [-0.25, -0.2) is 14.4 Å². The van der Waals surface area contributed by atoms with Gasteiger partial charge in [0, 0.05) is 12.1 Å². The molecule has 24 heavy (non-hydrogen) atoms. The SMILES string of the molecule is [C-]#[N+]c1ccc(-n2c(O)c3c(c2O)C2(C)OC3(C)C[C@@H]2O)nc1C. The van der Waals surface area contributed by atoms with Crippen molar-refractivity contribution in [2.24, 2.45) is 0 Å². The van der Waals surface area contributed by atoms with Crippen LogP contribution < -0.4 is 0 Å². The number of pyridine rings is 1. The lowest BCUT2D eigenvalue weighted by Crippen LogP contribution is -2.32. The first kappa shape index (κ1) is 15.0. The Labute approximate surface area is 138 Å². The first-order valence-electron chi connectivity index (χ1n) is 7.64. The average molecular weight is 327 g/mol. The summed E-state index contributed by atoms with van der Waals surface area (Å²) in [5.74, 6) is -0.0385. The zero-order valence-electron chi connectivity index (χ0n) is 13.5. The lowest BCUT2D eigenvalue weighted by Gasteiger charge is -2.25. The maximum Gasteiger partial charge on any atom is 0.208 e. The summed E-state index contributed by atoms with van der Waals surface area (Å²) in [5, 5.41) is 31.8. The summed E-state index contributed by atoms with van der Waals surface area (Å²) in [5.41, 5.74) is -0.122. The quantitative estimate of drug-likeness (QED) is 0.699. The molecule has 0 spiro atoms. The van der Waals surface area contributed by atoms with Crippen molar-refractivity contribution >= 4 is 5.69 Å². The largest absolute Gasteiger partial charge is 0.494 e. The van der Waals surface area contributed by atoms with Crippen molar-refractivity contribution < 1.29 is 20.1 Å². The summed E-state index contributed by atoms with van der Waals surface area (Å²) in [4.78, 5) is 7.68. The Bertz CT molecular complexity index is 929. The van der Waals surface area contributed by atoms with Crippen LogP contribution in [0.4, 0.5) is 5.69 Å². The van der Waals surface area contributed by atoms with E-state index in [1.54, 1.807) is 32.9 Å². The van der Waals surface area contributed by atoms with Crippen molar-refractivity contribution in [3.05, 3.63) is 40.4 Å². The highest BCUT2D eigenvalue weighted by atomic mass is 16.6. The van der Waals surface area contributed by atoms with E-state index in [0.717, 1.165) is 0 Å². The van der Waals surface area contributed by atoms with Crippen molar-refractivity contribution in [1.82, 2.24) is 9.55 Å². The number of hydrogen-bond donors (Lipinski definition) is 3. The molecular formula is C17H17N3O4. The maximum absolute atomic E-state index is 10.7. The molecule has 7 nitrogen and oxygen atoms in total. The zero-order chi connectivity index (χ0) is 17.4. The van der Waals surface area contributed by atoms with Crippen LogP contribution in [0.3, 0.4) is 0 Å². The summed E-state index contributed by atoms with van der Waals surface area (Å²) in [6, 6.07) is 3.16. The molecule has 4 heterocycles. The van der Waals surface area contributed by atoms with E-state index in [2.05, 4.69) is 9.83 Å². The van der Waals surface area contributed by atoms with Gasteiger partial charge in [0.25, 0.3) is 0 Å². The molecule has 0 aromatic carbocycles. The standard InChI is InChI=1S/C17H17N3O4/c1-8-9(18-4)5-6-11(19-8)20-14(22)12-13(15(20)23)17(3)10(21)7-16(12,2)24-17/h5-6,10,21-23H,7H2,1-3H3/t10-,16?,17?/m0/s1. The number of aromatic hydroxyl groups is 2. The second kappa shape index (κ2) is 4.29. The number of aliphatic hydroxyl groups is 1. The molecule has 0 radical (unpaired) electrons. The molecule has 124 valence electrons. The summed E-state index contributed by atoms with van der Waals surface area (Å²) >= 11 is 0. The second-order valence-electron chi connectivity index (χ2n) is 6.78. The Morgan fingerprint density at radius 3 is 2.58 bits per heavy atom. The Morgan fingerprint density at radius 1 is 1.29 bits per heavy atom. The van der Waals surface area contributed by atoms with Gasteiger partial charge in [0.2, 0.25) is 17.4 Å². The fraction of sp³-hybridized carbons (Fsp3) is 0.412. The molecule has 7 heteroatoms. The maximum atomic E-state index is 10.7. The van der Waals surface area contributed by atoms with Crippen molar-refractivity contribution in [2.45, 2.75) is 44.5 Å². The molecule has 2 aromatic heterocycles. The van der Waals surface area contributed by atoms with E-state index in [1.807, 2.05) is 0 Å². The summed E-state index contributed by atoms with van der Waals surface area (Å²) in [7, 11) is 0. The van der Waals surface area contributed by atoms with Crippen LogP contribution in [0.25, 0.3) is 10.7 Å². The molecule has 0 saturated carbocycles. The number of nitrogens with zero attached hydrogens (tertiary/aromatic N) is 3. The molecular weight excluding hydrogens is 310 g/mol. The second-order valence-corrected chi connectivity index (χ2v) is 6.78. The molecule has 1 fully saturated rings. The monoisotopic (exact) mass is 327 g/mol. The lowest BCUT2D eigenvalue weighted by atomic mass is 9.78. The Hall–Kier alpha value is -2.56. The number of ether oxygens (including phenoxy) is 1. The minimum atomic E-state index is -1.07. The third kappa shape index (κ3) is 1.54. The highest BCUT2D eigenvalue weighted by Gasteiger charge is 2.64. The van der Waals surface area contributed by atoms with E-state index in [0.29, 0.717) is 34.7 Å². The van der Waals surface area contributed by atoms with Gasteiger partial charge in [-0.3, -0.25) is 0 Å². The molecule has 4 rings (SSSR count). The van der Waals surface area contributed by atoms with Gasteiger partial charge in [-0.1, -0.05) is 6.07 Å². The van der Waals surface area contributed by atoms with Gasteiger partial charge in [-0.05, 0) is 26.8 Å². The number of fused-ring (bicyclic) bond motifs is 5. The van der Waals surface area contributed by atoms with E-state index < -0.39 is 17.3 Å². The molecule has 3 atom stereocenters. The fourth-order valence-electron chi connectivity index (χ4n) is 4.03. The molecule has 2 unspecified atom stereocenters. The Balaban J connectivity index is 1.98. The van der Waals surface area contributed by atoms with Crippen LogP contribution in [0.1, 0.15) is 37.1 Å². The minimum Gasteiger partial charge on any atom is -0.494 e. The predicted molar refractivity (Wildman–Crippen MR) is 84.3 cm³/mol. The van der Waals surface area contributed by atoms with Crippen LogP contribution in [0.5, 0.6) is 11.8 Å². The topological polar surface area (TPSA) is 92.1 Å². The molecule has 2 aromatic rings. The number of hydrogen-bond acceptors (Lipinski definition) is 5. The third-order valence-electron chi connectivity index (χ3n) is 5.19.